The van der Waals surface area contributed by atoms with E-state index in [2.05, 4.69) is 21.2 Å². The Labute approximate surface area is 183 Å². The molecule has 4 aromatic rings. The molecule has 3 nitrogen and oxygen atoms in total. The highest BCUT2D eigenvalue weighted by Gasteiger charge is 2.17. The summed E-state index contributed by atoms with van der Waals surface area (Å²) < 4.78 is 14.3. The van der Waals surface area contributed by atoms with Crippen molar-refractivity contribution in [1.29, 1.82) is 0 Å². The first-order valence-electron chi connectivity index (χ1n) is 9.57. The van der Waals surface area contributed by atoms with Crippen molar-refractivity contribution in [3.63, 3.8) is 0 Å². The Morgan fingerprint density at radius 1 is 0.933 bits per heavy atom. The maximum atomic E-state index is 13.4. The summed E-state index contributed by atoms with van der Waals surface area (Å²) in [7, 11) is 0. The van der Waals surface area contributed by atoms with E-state index in [4.69, 9.17) is 4.98 Å². The highest BCUT2D eigenvalue weighted by atomic mass is 79.9. The van der Waals surface area contributed by atoms with Crippen LogP contribution in [0.4, 0.5) is 10.1 Å². The lowest BCUT2D eigenvalue weighted by atomic mass is 9.99. The van der Waals surface area contributed by atoms with Crippen molar-refractivity contribution >= 4 is 38.4 Å². The van der Waals surface area contributed by atoms with E-state index in [0.29, 0.717) is 11.3 Å². The van der Waals surface area contributed by atoms with Crippen LogP contribution >= 0.6 is 15.9 Å². The molecule has 0 bridgehead atoms. The zero-order valence-corrected chi connectivity index (χ0v) is 18.5. The van der Waals surface area contributed by atoms with E-state index in [1.165, 1.54) is 12.1 Å². The third-order valence-electron chi connectivity index (χ3n) is 5.07. The number of aromatic nitrogens is 1. The normalized spacial score (nSPS) is 11.0. The minimum atomic E-state index is -0.310. The Hall–Kier alpha value is -3.05. The molecule has 0 saturated heterocycles. The summed E-state index contributed by atoms with van der Waals surface area (Å²) in [5.41, 5.74) is 6.45. The van der Waals surface area contributed by atoms with Gasteiger partial charge in [-0.2, -0.15) is 0 Å². The number of rotatable bonds is 3. The summed E-state index contributed by atoms with van der Waals surface area (Å²) in [5, 5.41) is 3.82. The van der Waals surface area contributed by atoms with E-state index in [-0.39, 0.29) is 11.7 Å². The van der Waals surface area contributed by atoms with Crippen LogP contribution in [0.1, 0.15) is 27.0 Å². The third-order valence-corrected chi connectivity index (χ3v) is 5.56. The molecule has 0 fully saturated rings. The number of nitrogens with one attached hydrogen (secondary N) is 1. The topological polar surface area (TPSA) is 42.0 Å². The van der Waals surface area contributed by atoms with Crippen molar-refractivity contribution in [3.05, 3.63) is 93.2 Å². The molecule has 1 aromatic heterocycles. The van der Waals surface area contributed by atoms with E-state index in [9.17, 15) is 9.18 Å². The lowest BCUT2D eigenvalue weighted by Crippen LogP contribution is -2.14. The quantitative estimate of drug-likeness (QED) is 0.356. The summed E-state index contributed by atoms with van der Waals surface area (Å²) in [4.78, 5) is 18.1. The zero-order chi connectivity index (χ0) is 21.4. The highest BCUT2D eigenvalue weighted by Crippen LogP contribution is 2.29. The van der Waals surface area contributed by atoms with E-state index in [1.807, 2.05) is 51.1 Å². The van der Waals surface area contributed by atoms with Gasteiger partial charge < -0.3 is 5.32 Å². The number of benzene rings is 3. The van der Waals surface area contributed by atoms with Gasteiger partial charge in [-0.1, -0.05) is 27.6 Å². The highest BCUT2D eigenvalue weighted by molar-refractivity contribution is 9.10. The molecule has 4 rings (SSSR count). The van der Waals surface area contributed by atoms with Crippen LogP contribution in [0.2, 0.25) is 0 Å². The minimum absolute atomic E-state index is 0.207. The summed E-state index contributed by atoms with van der Waals surface area (Å²) in [5.74, 6) is -0.517. The van der Waals surface area contributed by atoms with E-state index in [0.717, 1.165) is 43.3 Å². The number of anilines is 1. The maximum Gasteiger partial charge on any atom is 0.256 e. The number of nitrogens with zero attached hydrogens (tertiary/aromatic N) is 1. The number of carbonyl (C=O) groups is 1. The van der Waals surface area contributed by atoms with Gasteiger partial charge in [0.05, 0.1) is 16.8 Å². The molecular formula is C25H20BrFN2O. The second kappa shape index (κ2) is 8.00. The van der Waals surface area contributed by atoms with Gasteiger partial charge in [0.2, 0.25) is 0 Å². The van der Waals surface area contributed by atoms with Crippen LogP contribution in [0.3, 0.4) is 0 Å². The Morgan fingerprint density at radius 3 is 2.37 bits per heavy atom. The fraction of sp³-hybridized carbons (Fsp3) is 0.120. The van der Waals surface area contributed by atoms with Gasteiger partial charge in [0, 0.05) is 21.1 Å². The molecule has 0 unspecified atom stereocenters. The van der Waals surface area contributed by atoms with Crippen molar-refractivity contribution in [2.24, 2.45) is 0 Å². The number of pyridine rings is 1. The van der Waals surface area contributed by atoms with Gasteiger partial charge in [-0.15, -0.1) is 0 Å². The van der Waals surface area contributed by atoms with Gasteiger partial charge in [-0.3, -0.25) is 4.79 Å². The van der Waals surface area contributed by atoms with Crippen molar-refractivity contribution in [2.75, 3.05) is 5.32 Å². The lowest BCUT2D eigenvalue weighted by molar-refractivity contribution is 0.102. The van der Waals surface area contributed by atoms with Gasteiger partial charge in [-0.05, 0) is 86.5 Å². The van der Waals surface area contributed by atoms with E-state index >= 15 is 0 Å². The number of aryl methyl sites for hydroxylation is 3. The van der Waals surface area contributed by atoms with Crippen molar-refractivity contribution in [1.82, 2.24) is 4.98 Å². The molecule has 1 N–H and O–H groups in total. The largest absolute Gasteiger partial charge is 0.322 e. The lowest BCUT2D eigenvalue weighted by Gasteiger charge is -2.14. The smallest absolute Gasteiger partial charge is 0.256 e. The summed E-state index contributed by atoms with van der Waals surface area (Å²) in [6.07, 6.45) is 0. The van der Waals surface area contributed by atoms with Gasteiger partial charge >= 0.3 is 0 Å². The molecule has 150 valence electrons. The molecular weight excluding hydrogens is 443 g/mol. The Morgan fingerprint density at radius 2 is 1.67 bits per heavy atom. The second-order valence-electron chi connectivity index (χ2n) is 7.45. The summed E-state index contributed by atoms with van der Waals surface area (Å²) >= 11 is 3.45. The van der Waals surface area contributed by atoms with Crippen LogP contribution in [0.25, 0.3) is 22.2 Å². The van der Waals surface area contributed by atoms with E-state index < -0.39 is 0 Å². The van der Waals surface area contributed by atoms with Gasteiger partial charge in [0.25, 0.3) is 5.91 Å². The van der Waals surface area contributed by atoms with Crippen LogP contribution in [-0.4, -0.2) is 10.9 Å². The molecule has 30 heavy (non-hydrogen) atoms. The van der Waals surface area contributed by atoms with Gasteiger partial charge in [0.15, 0.2) is 0 Å². The molecule has 0 radical (unpaired) electrons. The van der Waals surface area contributed by atoms with Gasteiger partial charge in [-0.25, -0.2) is 9.37 Å². The van der Waals surface area contributed by atoms with Crippen LogP contribution in [0.15, 0.2) is 65.1 Å². The molecule has 3 aromatic carbocycles. The molecule has 0 aliphatic heterocycles. The predicted octanol–water partition coefficient (Wildman–Crippen LogP) is 6.98. The Bertz CT molecular complexity index is 1280. The average Bonchev–Trinajstić information content (AvgIpc) is 2.70. The molecule has 5 heteroatoms. The van der Waals surface area contributed by atoms with Crippen molar-refractivity contribution in [2.45, 2.75) is 20.8 Å². The average molecular weight is 463 g/mol. The predicted molar refractivity (Wildman–Crippen MR) is 123 cm³/mol. The Kier molecular flexibility index (Phi) is 5.39. The number of hydrogen-bond acceptors (Lipinski definition) is 2. The fourth-order valence-electron chi connectivity index (χ4n) is 3.59. The molecule has 0 aliphatic carbocycles. The molecule has 0 saturated carbocycles. The summed E-state index contributed by atoms with van der Waals surface area (Å²) in [6.45, 7) is 5.93. The first-order valence-corrected chi connectivity index (χ1v) is 10.4. The summed E-state index contributed by atoms with van der Waals surface area (Å²) in [6, 6.07) is 17.7. The first kappa shape index (κ1) is 20.2. The third kappa shape index (κ3) is 3.98. The van der Waals surface area contributed by atoms with E-state index in [1.54, 1.807) is 18.2 Å². The number of fused-ring (bicyclic) bond motifs is 1. The molecule has 0 spiro atoms. The fourth-order valence-corrected chi connectivity index (χ4v) is 4.07. The monoisotopic (exact) mass is 462 g/mol. The van der Waals surface area contributed by atoms with Crippen LogP contribution < -0.4 is 5.32 Å². The number of carbonyl (C=O) groups excluding carboxylic acids is 1. The van der Waals surface area contributed by atoms with Crippen LogP contribution in [0.5, 0.6) is 0 Å². The van der Waals surface area contributed by atoms with Gasteiger partial charge in [0.1, 0.15) is 5.82 Å². The van der Waals surface area contributed by atoms with Crippen LogP contribution in [-0.2, 0) is 0 Å². The zero-order valence-electron chi connectivity index (χ0n) is 16.9. The molecule has 1 amide bonds. The molecule has 0 aliphatic rings. The van der Waals surface area contributed by atoms with Crippen LogP contribution in [0, 0.1) is 26.6 Å². The molecule has 1 heterocycles. The Balaban J connectivity index is 1.87. The number of hydrogen-bond donors (Lipinski definition) is 1. The minimum Gasteiger partial charge on any atom is -0.322 e. The standard InChI is InChI=1S/C25H20BrFN2O/c1-14-10-16(3)24-20(11-14)21(13-23(28-24)17-4-7-19(27)8-5-17)25(30)29-22-9-6-18(26)12-15(22)2/h4-13H,1-3H3,(H,29,30). The molecule has 0 atom stereocenters. The number of amides is 1. The second-order valence-corrected chi connectivity index (χ2v) is 8.37. The maximum absolute atomic E-state index is 13.4. The SMILES string of the molecule is Cc1cc(C)c2nc(-c3ccc(F)cc3)cc(C(=O)Nc3ccc(Br)cc3C)c2c1. The number of halogens is 2. The first-order chi connectivity index (χ1) is 14.3. The van der Waals surface area contributed by atoms with Crippen molar-refractivity contribution < 1.29 is 9.18 Å². The van der Waals surface area contributed by atoms with Crippen molar-refractivity contribution in [3.8, 4) is 11.3 Å².